The van der Waals surface area contributed by atoms with E-state index in [2.05, 4.69) is 15.4 Å². The molecule has 1 aromatic heterocycles. The van der Waals surface area contributed by atoms with Crippen LogP contribution in [0.5, 0.6) is 23.0 Å². The highest BCUT2D eigenvalue weighted by Gasteiger charge is 2.07. The summed E-state index contributed by atoms with van der Waals surface area (Å²) < 4.78 is 10.8. The Kier molecular flexibility index (Phi) is 6.95. The van der Waals surface area contributed by atoms with Gasteiger partial charge in [-0.05, 0) is 48.4 Å². The Hall–Kier alpha value is -3.93. The quantitative estimate of drug-likeness (QED) is 0.497. The predicted octanol–water partition coefficient (Wildman–Crippen LogP) is 5.35. The van der Waals surface area contributed by atoms with E-state index < -0.39 is 0 Å². The van der Waals surface area contributed by atoms with Crippen molar-refractivity contribution < 1.29 is 14.6 Å². The number of hydrogen-bond donors (Lipinski definition) is 1. The molecule has 0 saturated heterocycles. The monoisotopic (exact) mass is 401 g/mol. The third kappa shape index (κ3) is 5.11. The van der Waals surface area contributed by atoms with Gasteiger partial charge in [0.05, 0.1) is 13.3 Å². The lowest BCUT2D eigenvalue weighted by molar-refractivity contribution is 0.409. The van der Waals surface area contributed by atoms with Crippen LogP contribution in [0.15, 0.2) is 79.0 Å². The minimum atomic E-state index is 0.156. The number of para-hydroxylation sites is 2. The lowest BCUT2D eigenvalue weighted by atomic mass is 10.1. The minimum absolute atomic E-state index is 0.156. The van der Waals surface area contributed by atoms with Gasteiger partial charge < -0.3 is 14.6 Å². The zero-order valence-electron chi connectivity index (χ0n) is 17.1. The summed E-state index contributed by atoms with van der Waals surface area (Å²) in [6, 6.07) is 22.6. The smallest absolute Gasteiger partial charge is 0.169 e. The fraction of sp³-hybridized carbons (Fsp3) is 0.125. The number of phenols is 1. The van der Waals surface area contributed by atoms with Crippen LogP contribution < -0.4 is 9.47 Å². The summed E-state index contributed by atoms with van der Waals surface area (Å²) in [5.41, 5.74) is 3.95. The van der Waals surface area contributed by atoms with Gasteiger partial charge in [-0.25, -0.2) is 0 Å². The molecule has 4 rings (SSSR count). The molecule has 30 heavy (non-hydrogen) atoms. The molecular weight excluding hydrogens is 378 g/mol. The second kappa shape index (κ2) is 10.0. The third-order valence-electron chi connectivity index (χ3n) is 4.51. The van der Waals surface area contributed by atoms with Crippen LogP contribution in [0.3, 0.4) is 0 Å². The first kappa shape index (κ1) is 20.8. The molecule has 4 aromatic rings. The fourth-order valence-corrected chi connectivity index (χ4v) is 2.70. The van der Waals surface area contributed by atoms with Crippen molar-refractivity contribution in [1.29, 1.82) is 0 Å². The highest BCUT2D eigenvalue weighted by molar-refractivity contribution is 5.64. The first-order valence-electron chi connectivity index (χ1n) is 9.40. The standard InChI is InChI=1S/C14H14O2.C10H9N3O/c1-10-6-5-9-13(11(10)2)16-14-8-4-3-7-12(14)15;1-14-9-7-11-13-12-10(9)8-5-3-2-4-6-8/h3-9,15H,1-2H3;2-7H,1H3. The van der Waals surface area contributed by atoms with E-state index in [1.165, 1.54) is 5.56 Å². The molecule has 0 spiro atoms. The number of rotatable bonds is 4. The van der Waals surface area contributed by atoms with Crippen molar-refractivity contribution in [3.63, 3.8) is 0 Å². The van der Waals surface area contributed by atoms with Gasteiger partial charge in [0.15, 0.2) is 17.2 Å². The van der Waals surface area contributed by atoms with Gasteiger partial charge in [-0.2, -0.15) is 0 Å². The topological polar surface area (TPSA) is 77.4 Å². The molecule has 152 valence electrons. The van der Waals surface area contributed by atoms with Crippen LogP contribution in [0.1, 0.15) is 11.1 Å². The zero-order chi connectivity index (χ0) is 21.3. The number of aryl methyl sites for hydroxylation is 1. The molecule has 6 nitrogen and oxygen atoms in total. The summed E-state index contributed by atoms with van der Waals surface area (Å²) in [5, 5.41) is 20.8. The average Bonchev–Trinajstić information content (AvgIpc) is 2.79. The number of benzene rings is 3. The molecule has 0 unspecified atom stereocenters. The Balaban J connectivity index is 0.000000172. The number of nitrogens with zero attached hydrogens (tertiary/aromatic N) is 3. The third-order valence-corrected chi connectivity index (χ3v) is 4.51. The van der Waals surface area contributed by atoms with Gasteiger partial charge in [0.2, 0.25) is 0 Å². The number of methoxy groups -OCH3 is 1. The molecule has 0 aliphatic rings. The van der Waals surface area contributed by atoms with Crippen LogP contribution in [-0.4, -0.2) is 27.6 Å². The van der Waals surface area contributed by atoms with Crippen molar-refractivity contribution >= 4 is 0 Å². The summed E-state index contributed by atoms with van der Waals surface area (Å²) >= 11 is 0. The summed E-state index contributed by atoms with van der Waals surface area (Å²) in [5.74, 6) is 2.05. The SMILES string of the molecule is COc1cnnnc1-c1ccccc1.Cc1cccc(Oc2ccccc2O)c1C. The van der Waals surface area contributed by atoms with Gasteiger partial charge in [0, 0.05) is 5.56 Å². The number of aromatic hydroxyl groups is 1. The van der Waals surface area contributed by atoms with Gasteiger partial charge in [-0.3, -0.25) is 0 Å². The molecule has 3 aromatic carbocycles. The number of phenolic OH excluding ortho intramolecular Hbond substituents is 1. The van der Waals surface area contributed by atoms with E-state index in [0.29, 0.717) is 17.2 Å². The summed E-state index contributed by atoms with van der Waals surface area (Å²) in [7, 11) is 1.59. The van der Waals surface area contributed by atoms with Crippen molar-refractivity contribution in [3.8, 4) is 34.3 Å². The largest absolute Gasteiger partial charge is 0.504 e. The maximum atomic E-state index is 9.61. The second-order valence-corrected chi connectivity index (χ2v) is 6.48. The van der Waals surface area contributed by atoms with Crippen LogP contribution in [0, 0.1) is 13.8 Å². The summed E-state index contributed by atoms with van der Waals surface area (Å²) in [6.07, 6.45) is 1.55. The molecule has 0 aliphatic heterocycles. The first-order chi connectivity index (χ1) is 14.6. The Bertz CT molecular complexity index is 1100. The molecule has 6 heteroatoms. The van der Waals surface area contributed by atoms with E-state index >= 15 is 0 Å². The molecule has 0 aliphatic carbocycles. The summed E-state index contributed by atoms with van der Waals surface area (Å²) in [4.78, 5) is 0. The van der Waals surface area contributed by atoms with E-state index in [1.54, 1.807) is 31.5 Å². The molecule has 0 fully saturated rings. The Labute approximate surface area is 175 Å². The number of aromatic nitrogens is 3. The van der Waals surface area contributed by atoms with E-state index in [-0.39, 0.29) is 5.75 Å². The van der Waals surface area contributed by atoms with Gasteiger partial charge in [0.1, 0.15) is 11.4 Å². The van der Waals surface area contributed by atoms with Gasteiger partial charge in [-0.1, -0.05) is 54.6 Å². The second-order valence-electron chi connectivity index (χ2n) is 6.48. The fourth-order valence-electron chi connectivity index (χ4n) is 2.70. The lowest BCUT2D eigenvalue weighted by Crippen LogP contribution is -1.95. The van der Waals surface area contributed by atoms with E-state index in [4.69, 9.17) is 9.47 Å². The molecule has 0 atom stereocenters. The molecule has 1 heterocycles. The first-order valence-corrected chi connectivity index (χ1v) is 9.40. The normalized spacial score (nSPS) is 9.97. The van der Waals surface area contributed by atoms with Gasteiger partial charge in [0.25, 0.3) is 0 Å². The van der Waals surface area contributed by atoms with Crippen LogP contribution in [0.25, 0.3) is 11.3 Å². The lowest BCUT2D eigenvalue weighted by Gasteiger charge is -2.11. The molecule has 0 saturated carbocycles. The van der Waals surface area contributed by atoms with Crippen LogP contribution in [-0.2, 0) is 0 Å². The molecule has 0 radical (unpaired) electrons. The van der Waals surface area contributed by atoms with E-state index in [9.17, 15) is 5.11 Å². The maximum absolute atomic E-state index is 9.61. The molecule has 0 amide bonds. The van der Waals surface area contributed by atoms with Crippen molar-refractivity contribution in [2.24, 2.45) is 0 Å². The van der Waals surface area contributed by atoms with Crippen molar-refractivity contribution in [3.05, 3.63) is 90.1 Å². The molecular formula is C24H23N3O3. The maximum Gasteiger partial charge on any atom is 0.169 e. The van der Waals surface area contributed by atoms with Crippen molar-refractivity contribution in [2.75, 3.05) is 7.11 Å². The van der Waals surface area contributed by atoms with Crippen LogP contribution in [0.4, 0.5) is 0 Å². The minimum Gasteiger partial charge on any atom is -0.504 e. The van der Waals surface area contributed by atoms with Crippen molar-refractivity contribution in [1.82, 2.24) is 15.4 Å². The van der Waals surface area contributed by atoms with E-state index in [1.807, 2.05) is 68.4 Å². The van der Waals surface area contributed by atoms with Gasteiger partial charge >= 0.3 is 0 Å². The number of hydrogen-bond acceptors (Lipinski definition) is 6. The van der Waals surface area contributed by atoms with Crippen LogP contribution in [0.2, 0.25) is 0 Å². The van der Waals surface area contributed by atoms with Crippen molar-refractivity contribution in [2.45, 2.75) is 13.8 Å². The highest BCUT2D eigenvalue weighted by Crippen LogP contribution is 2.32. The molecule has 0 bridgehead atoms. The van der Waals surface area contributed by atoms with Crippen LogP contribution >= 0.6 is 0 Å². The Morgan fingerprint density at radius 3 is 2.20 bits per heavy atom. The average molecular weight is 401 g/mol. The Morgan fingerprint density at radius 2 is 1.47 bits per heavy atom. The zero-order valence-corrected chi connectivity index (χ0v) is 17.1. The predicted molar refractivity (Wildman–Crippen MR) is 116 cm³/mol. The van der Waals surface area contributed by atoms with E-state index in [0.717, 1.165) is 16.9 Å². The van der Waals surface area contributed by atoms with Gasteiger partial charge in [-0.15, -0.1) is 10.2 Å². The highest BCUT2D eigenvalue weighted by atomic mass is 16.5. The number of ether oxygens (including phenoxy) is 2. The Morgan fingerprint density at radius 1 is 0.767 bits per heavy atom. The summed E-state index contributed by atoms with van der Waals surface area (Å²) in [6.45, 7) is 4.04. The molecule has 1 N–H and O–H groups in total.